The molecule has 244 valence electrons. The highest BCUT2D eigenvalue weighted by molar-refractivity contribution is 7.85. The molecule has 9 nitrogen and oxygen atoms in total. The van der Waals surface area contributed by atoms with E-state index in [1.807, 2.05) is 14.1 Å². The standard InChI is InChI=1S/C32H58N2O7S/c1-21(8-11-29(38)33-14-6-15-34(4,5)16-7-17-42(39,40)41)24-9-10-25-30-26(20-28(37)32(24,25)3)31(2)13-12-23(35)18-22(31)19-27(30)36/h21-28,30,35-37H,6-20H2,1-5H3,(H-,33,38,39,40,41)/p+1/t21-,22-,23-,24-,25-,26+,27-,28+,30-,31+,32-/m1/s1. The Bertz CT molecular complexity index is 1050. The lowest BCUT2D eigenvalue weighted by Gasteiger charge is -2.63. The Labute approximate surface area is 254 Å². The molecule has 0 aromatic heterocycles. The molecule has 4 fully saturated rings. The molecule has 4 aliphatic carbocycles. The number of amides is 1. The molecule has 42 heavy (non-hydrogen) atoms. The van der Waals surface area contributed by atoms with Gasteiger partial charge in [-0.15, -0.1) is 0 Å². The van der Waals surface area contributed by atoms with E-state index < -0.39 is 16.2 Å². The predicted molar refractivity (Wildman–Crippen MR) is 163 cm³/mol. The fraction of sp³-hybridized carbons (Fsp3) is 0.969. The second kappa shape index (κ2) is 12.9. The molecule has 0 bridgehead atoms. The molecule has 4 rings (SSSR count). The number of rotatable bonds is 12. The minimum atomic E-state index is -3.93. The zero-order valence-corrected chi connectivity index (χ0v) is 27.5. The number of carbonyl (C=O) groups is 1. The van der Waals surface area contributed by atoms with E-state index in [1.165, 1.54) is 0 Å². The molecule has 11 atom stereocenters. The Balaban J connectivity index is 1.27. The first-order chi connectivity index (χ1) is 19.5. The third kappa shape index (κ3) is 7.20. The average Bonchev–Trinajstić information content (AvgIpc) is 3.24. The number of hydrogen-bond acceptors (Lipinski definition) is 6. The minimum absolute atomic E-state index is 0.0450. The van der Waals surface area contributed by atoms with E-state index in [9.17, 15) is 28.5 Å². The van der Waals surface area contributed by atoms with Crippen LogP contribution in [0.1, 0.15) is 91.4 Å². The van der Waals surface area contributed by atoms with E-state index in [0.29, 0.717) is 48.2 Å². The molecule has 0 aliphatic heterocycles. The Morgan fingerprint density at radius 2 is 1.69 bits per heavy atom. The highest BCUT2D eigenvalue weighted by Gasteiger charge is 2.65. The van der Waals surface area contributed by atoms with Crippen LogP contribution in [-0.4, -0.2) is 96.5 Å². The minimum Gasteiger partial charge on any atom is -0.393 e. The number of nitrogens with zero attached hydrogens (tertiary/aromatic N) is 1. The third-order valence-electron chi connectivity index (χ3n) is 12.8. The van der Waals surface area contributed by atoms with Crippen LogP contribution in [0.4, 0.5) is 0 Å². The van der Waals surface area contributed by atoms with Crippen molar-refractivity contribution in [2.75, 3.05) is 39.5 Å². The maximum Gasteiger partial charge on any atom is 0.265 e. The van der Waals surface area contributed by atoms with Crippen molar-refractivity contribution in [2.24, 2.45) is 46.3 Å². The van der Waals surface area contributed by atoms with E-state index in [4.69, 9.17) is 4.55 Å². The first-order valence-electron chi connectivity index (χ1n) is 16.6. The van der Waals surface area contributed by atoms with Gasteiger partial charge in [0.05, 0.1) is 51.2 Å². The summed E-state index contributed by atoms with van der Waals surface area (Å²) in [7, 11) is 0.114. The van der Waals surface area contributed by atoms with Crippen LogP contribution >= 0.6 is 0 Å². The van der Waals surface area contributed by atoms with Crippen LogP contribution in [0.15, 0.2) is 0 Å². The summed E-state index contributed by atoms with van der Waals surface area (Å²) in [5.74, 6) is 1.52. The van der Waals surface area contributed by atoms with E-state index in [-0.39, 0.29) is 52.5 Å². The highest BCUT2D eigenvalue weighted by atomic mass is 32.2. The third-order valence-corrected chi connectivity index (χ3v) is 13.6. The molecule has 4 aliphatic rings. The number of quaternary nitrogens is 1. The molecule has 0 heterocycles. The van der Waals surface area contributed by atoms with Crippen LogP contribution in [0.2, 0.25) is 0 Å². The SMILES string of the molecule is C[C@H](CCC(=O)NCCC[N+](C)(C)CCCS(=O)(=O)O)[C@H]1CC[C@@H]2[C@H]3[C@H](O)C[C@H]4C[C@H](O)CC[C@]4(C)[C@H]3C[C@H](O)[C@@]21C. The van der Waals surface area contributed by atoms with Crippen molar-refractivity contribution in [2.45, 2.75) is 110 Å². The Hall–Kier alpha value is -0.780. The van der Waals surface area contributed by atoms with Crippen molar-refractivity contribution in [1.29, 1.82) is 0 Å². The van der Waals surface area contributed by atoms with Crippen LogP contribution in [0.25, 0.3) is 0 Å². The summed E-state index contributed by atoms with van der Waals surface area (Å²) in [5.41, 5.74) is -0.185. The molecular weight excluding hydrogens is 556 g/mol. The van der Waals surface area contributed by atoms with E-state index in [0.717, 1.165) is 64.3 Å². The van der Waals surface area contributed by atoms with Crippen LogP contribution in [0, 0.1) is 46.3 Å². The van der Waals surface area contributed by atoms with Gasteiger partial charge in [0.1, 0.15) is 0 Å². The molecule has 0 saturated heterocycles. The average molecular weight is 616 g/mol. The van der Waals surface area contributed by atoms with Gasteiger partial charge in [-0.05, 0) is 97.7 Å². The number of fused-ring (bicyclic) bond motifs is 5. The van der Waals surface area contributed by atoms with Crippen LogP contribution in [-0.2, 0) is 14.9 Å². The van der Waals surface area contributed by atoms with E-state index in [1.54, 1.807) is 0 Å². The Morgan fingerprint density at radius 3 is 2.38 bits per heavy atom. The van der Waals surface area contributed by atoms with Crippen molar-refractivity contribution >= 4 is 16.0 Å². The van der Waals surface area contributed by atoms with Crippen molar-refractivity contribution < 1.29 is 37.6 Å². The van der Waals surface area contributed by atoms with Gasteiger partial charge >= 0.3 is 0 Å². The molecule has 0 aromatic carbocycles. The largest absolute Gasteiger partial charge is 0.393 e. The lowest BCUT2D eigenvalue weighted by molar-refractivity contribution is -0.890. The monoisotopic (exact) mass is 615 g/mol. The number of aliphatic hydroxyl groups is 3. The molecule has 0 radical (unpaired) electrons. The fourth-order valence-corrected chi connectivity index (χ4v) is 10.8. The first-order valence-corrected chi connectivity index (χ1v) is 18.2. The first kappa shape index (κ1) is 34.1. The molecule has 0 aromatic rings. The number of nitrogens with one attached hydrogen (secondary N) is 1. The van der Waals surface area contributed by atoms with Gasteiger partial charge in [0.2, 0.25) is 5.91 Å². The van der Waals surface area contributed by atoms with Gasteiger partial charge in [-0.25, -0.2) is 0 Å². The van der Waals surface area contributed by atoms with Crippen LogP contribution < -0.4 is 5.32 Å². The normalized spacial score (nSPS) is 41.0. The molecule has 0 spiro atoms. The lowest BCUT2D eigenvalue weighted by atomic mass is 9.43. The quantitative estimate of drug-likeness (QED) is 0.129. The van der Waals surface area contributed by atoms with Crippen molar-refractivity contribution in [1.82, 2.24) is 5.32 Å². The zero-order valence-electron chi connectivity index (χ0n) is 26.7. The van der Waals surface area contributed by atoms with Gasteiger partial charge < -0.3 is 25.1 Å². The molecule has 0 unspecified atom stereocenters. The van der Waals surface area contributed by atoms with E-state index >= 15 is 0 Å². The lowest BCUT2D eigenvalue weighted by Crippen LogP contribution is -2.62. The van der Waals surface area contributed by atoms with Gasteiger partial charge in [0, 0.05) is 25.8 Å². The maximum atomic E-state index is 12.7. The van der Waals surface area contributed by atoms with Crippen molar-refractivity contribution in [3.05, 3.63) is 0 Å². The second-order valence-corrected chi connectivity index (χ2v) is 17.3. The summed E-state index contributed by atoms with van der Waals surface area (Å²) in [6, 6.07) is 0. The molecule has 4 saturated carbocycles. The maximum absolute atomic E-state index is 12.7. The van der Waals surface area contributed by atoms with Crippen molar-refractivity contribution in [3.8, 4) is 0 Å². The Morgan fingerprint density at radius 1 is 1.00 bits per heavy atom. The highest BCUT2D eigenvalue weighted by Crippen LogP contribution is 2.68. The van der Waals surface area contributed by atoms with Gasteiger partial charge in [0.15, 0.2) is 0 Å². The van der Waals surface area contributed by atoms with Crippen molar-refractivity contribution in [3.63, 3.8) is 0 Å². The number of carbonyl (C=O) groups excluding carboxylic acids is 1. The predicted octanol–water partition coefficient (Wildman–Crippen LogP) is 3.22. The zero-order chi connectivity index (χ0) is 31.1. The van der Waals surface area contributed by atoms with Crippen LogP contribution in [0.5, 0.6) is 0 Å². The second-order valence-electron chi connectivity index (χ2n) is 15.8. The van der Waals surface area contributed by atoms with Gasteiger partial charge in [-0.1, -0.05) is 20.8 Å². The van der Waals surface area contributed by atoms with Gasteiger partial charge in [0.25, 0.3) is 10.1 Å². The molecular formula is C32H59N2O7S+. The summed E-state index contributed by atoms with van der Waals surface area (Å²) in [4.78, 5) is 12.7. The topological polar surface area (TPSA) is 144 Å². The summed E-state index contributed by atoms with van der Waals surface area (Å²) in [6.07, 6.45) is 7.47. The number of aliphatic hydroxyl groups excluding tert-OH is 3. The smallest absolute Gasteiger partial charge is 0.265 e. The molecule has 1 amide bonds. The van der Waals surface area contributed by atoms with Crippen LogP contribution in [0.3, 0.4) is 0 Å². The molecule has 5 N–H and O–H groups in total. The summed E-state index contributed by atoms with van der Waals surface area (Å²) >= 11 is 0. The molecule has 10 heteroatoms. The van der Waals surface area contributed by atoms with Gasteiger partial charge in [-0.3, -0.25) is 9.35 Å². The Kier molecular flexibility index (Phi) is 10.5. The fourth-order valence-electron chi connectivity index (χ4n) is 10.3. The van der Waals surface area contributed by atoms with E-state index in [2.05, 4.69) is 26.1 Å². The summed E-state index contributed by atoms with van der Waals surface area (Å²) in [5, 5.41) is 36.6. The summed E-state index contributed by atoms with van der Waals surface area (Å²) in [6.45, 7) is 8.87. The van der Waals surface area contributed by atoms with Gasteiger partial charge in [-0.2, -0.15) is 8.42 Å². The summed E-state index contributed by atoms with van der Waals surface area (Å²) < 4.78 is 31.5. The number of hydrogen-bond donors (Lipinski definition) is 5.